The Kier molecular flexibility index (Phi) is 40.3. The van der Waals surface area contributed by atoms with Crippen LogP contribution in [0.3, 0.4) is 0 Å². The number of unbranched alkanes of at least 4 members (excludes halogenated alkanes) is 31. The average molecular weight is 790 g/mol. The molecular weight excluding hydrogens is 677 g/mol. The highest BCUT2D eigenvalue weighted by Crippen LogP contribution is 2.32. The van der Waals surface area contributed by atoms with Gasteiger partial charge in [-0.25, -0.2) is 0 Å². The van der Waals surface area contributed by atoms with E-state index in [2.05, 4.69) is 60.4 Å². The highest BCUT2D eigenvalue weighted by atomic mass is 15.1. The van der Waals surface area contributed by atoms with E-state index in [1.807, 2.05) is 0 Å². The summed E-state index contributed by atoms with van der Waals surface area (Å²) in [5.41, 5.74) is 7.06. The van der Waals surface area contributed by atoms with Crippen LogP contribution < -0.4 is 5.73 Å². The van der Waals surface area contributed by atoms with Crippen molar-refractivity contribution in [1.29, 1.82) is 0 Å². The van der Waals surface area contributed by atoms with Gasteiger partial charge in [0.25, 0.3) is 0 Å². The molecule has 0 saturated heterocycles. The molecule has 0 bridgehead atoms. The summed E-state index contributed by atoms with van der Waals surface area (Å²) < 4.78 is 0. The van der Waals surface area contributed by atoms with Gasteiger partial charge >= 0.3 is 0 Å². The van der Waals surface area contributed by atoms with E-state index in [0.29, 0.717) is 0 Å². The third kappa shape index (κ3) is 39.4. The van der Waals surface area contributed by atoms with Gasteiger partial charge in [0.15, 0.2) is 0 Å². The molecule has 2 heteroatoms. The summed E-state index contributed by atoms with van der Waals surface area (Å²) in [6.45, 7) is 17.9. The van der Waals surface area contributed by atoms with E-state index in [-0.39, 0.29) is 11.0 Å². The molecular formula is C54H112N2. The van der Waals surface area contributed by atoms with Gasteiger partial charge in [-0.1, -0.05) is 279 Å². The Morgan fingerprint density at radius 2 is 0.661 bits per heavy atom. The second-order valence-electron chi connectivity index (χ2n) is 20.9. The Morgan fingerprint density at radius 3 is 0.964 bits per heavy atom. The maximum absolute atomic E-state index is 6.85. The standard InChI is InChI=1S/C54H112N2/c1-9-12-15-17-19-20-21-22-23-24-25-26-27-28-29-34-38-42-46-52(56(8)50-53(5,6)49-54(7,55)48-14-11-3)47-43-39-35-31-30-33-37-41-45-51(4)44-40-36-32-18-16-13-10-2/h51-52H,9-50,55H2,1-8H3. The molecule has 2 nitrogen and oxygen atoms in total. The smallest absolute Gasteiger partial charge is 0.0131 e. The average Bonchev–Trinajstić information content (AvgIpc) is 3.15. The molecule has 0 amide bonds. The summed E-state index contributed by atoms with van der Waals surface area (Å²) in [6.07, 6.45) is 58.4. The molecule has 0 heterocycles. The van der Waals surface area contributed by atoms with E-state index in [4.69, 9.17) is 5.73 Å². The molecule has 0 aliphatic carbocycles. The van der Waals surface area contributed by atoms with Crippen molar-refractivity contribution in [3.63, 3.8) is 0 Å². The Bertz CT molecular complexity index is 758. The molecule has 3 atom stereocenters. The van der Waals surface area contributed by atoms with Crippen LogP contribution in [0.2, 0.25) is 0 Å². The second kappa shape index (κ2) is 40.3. The molecule has 2 N–H and O–H groups in total. The van der Waals surface area contributed by atoms with Gasteiger partial charge in [-0.2, -0.15) is 0 Å². The molecule has 0 fully saturated rings. The quantitative estimate of drug-likeness (QED) is 0.0623. The maximum Gasteiger partial charge on any atom is 0.0131 e. The lowest BCUT2D eigenvalue weighted by Crippen LogP contribution is -2.46. The first-order valence-corrected chi connectivity index (χ1v) is 26.6. The van der Waals surface area contributed by atoms with E-state index in [9.17, 15) is 0 Å². The molecule has 338 valence electrons. The Balaban J connectivity index is 4.30. The van der Waals surface area contributed by atoms with E-state index in [1.54, 1.807) is 0 Å². The van der Waals surface area contributed by atoms with Gasteiger partial charge in [0.05, 0.1) is 0 Å². The van der Waals surface area contributed by atoms with E-state index in [1.165, 1.54) is 257 Å². The first-order chi connectivity index (χ1) is 27.1. The molecule has 0 saturated carbocycles. The topological polar surface area (TPSA) is 29.3 Å². The molecule has 56 heavy (non-hydrogen) atoms. The number of hydrogen-bond donors (Lipinski definition) is 1. The minimum atomic E-state index is -0.0471. The number of rotatable bonds is 46. The van der Waals surface area contributed by atoms with E-state index >= 15 is 0 Å². The monoisotopic (exact) mass is 789 g/mol. The molecule has 0 aromatic heterocycles. The summed E-state index contributed by atoms with van der Waals surface area (Å²) in [5.74, 6) is 0.942. The van der Waals surface area contributed by atoms with Crippen molar-refractivity contribution in [2.45, 2.75) is 323 Å². The van der Waals surface area contributed by atoms with Crippen LogP contribution in [-0.2, 0) is 0 Å². The fraction of sp³-hybridized carbons (Fsp3) is 1.00. The highest BCUT2D eigenvalue weighted by molar-refractivity contribution is 4.88. The molecule has 0 aromatic carbocycles. The molecule has 0 aliphatic heterocycles. The van der Waals surface area contributed by atoms with Crippen LogP contribution in [0.5, 0.6) is 0 Å². The van der Waals surface area contributed by atoms with Crippen LogP contribution >= 0.6 is 0 Å². The van der Waals surface area contributed by atoms with Crippen molar-refractivity contribution in [2.24, 2.45) is 17.1 Å². The third-order valence-corrected chi connectivity index (χ3v) is 13.5. The van der Waals surface area contributed by atoms with Crippen molar-refractivity contribution < 1.29 is 0 Å². The lowest BCUT2D eigenvalue weighted by atomic mass is 9.77. The fourth-order valence-corrected chi connectivity index (χ4v) is 10.0. The zero-order chi connectivity index (χ0) is 41.4. The van der Waals surface area contributed by atoms with Crippen molar-refractivity contribution in [3.05, 3.63) is 0 Å². The van der Waals surface area contributed by atoms with Crippen LogP contribution in [0.4, 0.5) is 0 Å². The van der Waals surface area contributed by atoms with Gasteiger partial charge in [0, 0.05) is 18.1 Å². The van der Waals surface area contributed by atoms with Crippen molar-refractivity contribution >= 4 is 0 Å². The van der Waals surface area contributed by atoms with Gasteiger partial charge < -0.3 is 10.6 Å². The highest BCUT2D eigenvalue weighted by Gasteiger charge is 2.31. The van der Waals surface area contributed by atoms with Crippen LogP contribution in [-0.4, -0.2) is 30.1 Å². The predicted molar refractivity (Wildman–Crippen MR) is 258 cm³/mol. The van der Waals surface area contributed by atoms with Crippen LogP contribution in [0.15, 0.2) is 0 Å². The molecule has 0 radical (unpaired) electrons. The molecule has 0 rings (SSSR count). The Hall–Kier alpha value is -0.0800. The summed E-state index contributed by atoms with van der Waals surface area (Å²) in [7, 11) is 2.44. The number of nitrogens with two attached hydrogens (primary N) is 1. The summed E-state index contributed by atoms with van der Waals surface area (Å²) >= 11 is 0. The van der Waals surface area contributed by atoms with Gasteiger partial charge in [0.2, 0.25) is 0 Å². The van der Waals surface area contributed by atoms with E-state index < -0.39 is 0 Å². The first kappa shape index (κ1) is 55.9. The summed E-state index contributed by atoms with van der Waals surface area (Å²) in [4.78, 5) is 2.76. The molecule has 0 spiro atoms. The largest absolute Gasteiger partial charge is 0.325 e. The minimum absolute atomic E-state index is 0.0471. The van der Waals surface area contributed by atoms with Gasteiger partial charge in [0.1, 0.15) is 0 Å². The fourth-order valence-electron chi connectivity index (χ4n) is 10.0. The zero-order valence-electron chi connectivity index (χ0n) is 40.9. The molecule has 0 aliphatic rings. The van der Waals surface area contributed by atoms with Crippen molar-refractivity contribution in [3.8, 4) is 0 Å². The predicted octanol–water partition coefficient (Wildman–Crippen LogP) is 18.7. The molecule has 0 aromatic rings. The van der Waals surface area contributed by atoms with Gasteiger partial charge in [-0.15, -0.1) is 0 Å². The van der Waals surface area contributed by atoms with Crippen LogP contribution in [0, 0.1) is 11.3 Å². The normalized spacial score (nSPS) is 14.5. The van der Waals surface area contributed by atoms with Gasteiger partial charge in [-0.3, -0.25) is 0 Å². The lowest BCUT2D eigenvalue weighted by Gasteiger charge is -2.40. The minimum Gasteiger partial charge on any atom is -0.325 e. The first-order valence-electron chi connectivity index (χ1n) is 26.6. The van der Waals surface area contributed by atoms with E-state index in [0.717, 1.165) is 24.8 Å². The van der Waals surface area contributed by atoms with Crippen LogP contribution in [0.1, 0.15) is 312 Å². The maximum atomic E-state index is 6.85. The van der Waals surface area contributed by atoms with Crippen molar-refractivity contribution in [2.75, 3.05) is 13.6 Å². The summed E-state index contributed by atoms with van der Waals surface area (Å²) in [5, 5.41) is 0. The molecule has 3 unspecified atom stereocenters. The van der Waals surface area contributed by atoms with Crippen molar-refractivity contribution in [1.82, 2.24) is 4.90 Å². The number of hydrogen-bond acceptors (Lipinski definition) is 2. The Labute approximate surface area is 357 Å². The summed E-state index contributed by atoms with van der Waals surface area (Å²) in [6, 6.07) is 0.734. The lowest BCUT2D eigenvalue weighted by molar-refractivity contribution is 0.116. The third-order valence-electron chi connectivity index (χ3n) is 13.5. The number of nitrogens with zero attached hydrogens (tertiary/aromatic N) is 1. The van der Waals surface area contributed by atoms with Gasteiger partial charge in [-0.05, 0) is 51.0 Å². The van der Waals surface area contributed by atoms with Crippen LogP contribution in [0.25, 0.3) is 0 Å². The SMILES string of the molecule is CCCCCCCCCCCCCCCCCCCCC(CCCCCCCCCCC(C)CCCCCCCCC)N(C)CC(C)(C)CC(C)(N)CCCC. The zero-order valence-corrected chi connectivity index (χ0v) is 40.9. The second-order valence-corrected chi connectivity index (χ2v) is 20.9. The Morgan fingerprint density at radius 1 is 0.393 bits per heavy atom.